The van der Waals surface area contributed by atoms with Crippen molar-refractivity contribution in [2.75, 3.05) is 0 Å². The van der Waals surface area contributed by atoms with Gasteiger partial charge in [0.05, 0.1) is 28.6 Å². The van der Waals surface area contributed by atoms with Crippen molar-refractivity contribution in [1.29, 1.82) is 0 Å². The van der Waals surface area contributed by atoms with E-state index in [0.29, 0.717) is 23.1 Å². The fourth-order valence-electron chi connectivity index (χ4n) is 3.72. The smallest absolute Gasteiger partial charge is 0.240 e. The Labute approximate surface area is 165 Å². The zero-order valence-corrected chi connectivity index (χ0v) is 15.6. The first-order chi connectivity index (χ1) is 14.2. The van der Waals surface area contributed by atoms with Crippen LogP contribution in [-0.4, -0.2) is 20.4 Å². The Morgan fingerprint density at radius 2 is 1.52 bits per heavy atom. The summed E-state index contributed by atoms with van der Waals surface area (Å²) in [6.07, 6.45) is 0. The molecule has 2 N–H and O–H groups in total. The van der Waals surface area contributed by atoms with Gasteiger partial charge in [0, 0.05) is 10.8 Å². The van der Waals surface area contributed by atoms with Crippen LogP contribution < -0.4 is 10.7 Å². The maximum Gasteiger partial charge on any atom is 0.240 e. The summed E-state index contributed by atoms with van der Waals surface area (Å²) < 4.78 is 1.89. The van der Waals surface area contributed by atoms with E-state index in [-0.39, 0.29) is 17.9 Å². The van der Waals surface area contributed by atoms with Gasteiger partial charge in [-0.05, 0) is 36.4 Å². The second-order valence-corrected chi connectivity index (χ2v) is 6.93. The molecule has 0 unspecified atom stereocenters. The number of H-pyrrole nitrogens is 1. The number of aromatic nitrogens is 3. The van der Waals surface area contributed by atoms with Crippen molar-refractivity contribution in [2.45, 2.75) is 13.1 Å². The maximum atomic E-state index is 12.8. The first kappa shape index (κ1) is 17.2. The lowest BCUT2D eigenvalue weighted by atomic mass is 10.1. The Balaban J connectivity index is 1.46. The SMILES string of the molecule is O=C(Cn1c2ccccc2c(=O)c2ccccc21)NCc1nc2ccccc2[nH]1. The number of rotatable bonds is 4. The van der Waals surface area contributed by atoms with Crippen molar-refractivity contribution in [2.24, 2.45) is 0 Å². The van der Waals surface area contributed by atoms with Crippen molar-refractivity contribution in [3.63, 3.8) is 0 Å². The van der Waals surface area contributed by atoms with Gasteiger partial charge in [0.2, 0.25) is 5.91 Å². The minimum absolute atomic E-state index is 0.0184. The number of aromatic amines is 1. The molecule has 6 nitrogen and oxygen atoms in total. The van der Waals surface area contributed by atoms with Gasteiger partial charge < -0.3 is 14.9 Å². The first-order valence-electron chi connectivity index (χ1n) is 9.41. The molecule has 2 aromatic heterocycles. The standard InChI is InChI=1S/C23H18N4O2/c28-22(24-13-21-25-17-9-3-4-10-18(17)26-21)14-27-19-11-5-1-7-15(19)23(29)16-8-2-6-12-20(16)27/h1-12H,13-14H2,(H,24,28)(H,25,26). The van der Waals surface area contributed by atoms with Crippen LogP contribution >= 0.6 is 0 Å². The van der Waals surface area contributed by atoms with Crippen molar-refractivity contribution < 1.29 is 4.79 Å². The largest absolute Gasteiger partial charge is 0.347 e. The van der Waals surface area contributed by atoms with Crippen LogP contribution in [0.2, 0.25) is 0 Å². The lowest BCUT2D eigenvalue weighted by molar-refractivity contribution is -0.121. The Kier molecular flexibility index (Phi) is 4.09. The van der Waals surface area contributed by atoms with Crippen molar-refractivity contribution in [3.8, 4) is 0 Å². The minimum Gasteiger partial charge on any atom is -0.347 e. The number of para-hydroxylation sites is 4. The zero-order chi connectivity index (χ0) is 19.8. The molecule has 0 atom stereocenters. The highest BCUT2D eigenvalue weighted by Gasteiger charge is 2.13. The summed E-state index contributed by atoms with van der Waals surface area (Å²) in [7, 11) is 0. The molecule has 0 radical (unpaired) electrons. The Bertz CT molecular complexity index is 1340. The summed E-state index contributed by atoms with van der Waals surface area (Å²) in [6.45, 7) is 0.422. The van der Waals surface area contributed by atoms with Crippen molar-refractivity contribution >= 4 is 38.7 Å². The molecular formula is C23H18N4O2. The van der Waals surface area contributed by atoms with Crippen LogP contribution in [0, 0.1) is 0 Å². The third-order valence-corrected chi connectivity index (χ3v) is 5.07. The molecule has 0 bridgehead atoms. The molecule has 6 heteroatoms. The van der Waals surface area contributed by atoms with Gasteiger partial charge in [-0.2, -0.15) is 0 Å². The van der Waals surface area contributed by atoms with E-state index in [1.54, 1.807) is 12.1 Å². The summed E-state index contributed by atoms with van der Waals surface area (Å²) in [4.78, 5) is 33.2. The molecule has 5 rings (SSSR count). The Morgan fingerprint density at radius 3 is 2.21 bits per heavy atom. The number of carbonyl (C=O) groups excluding carboxylic acids is 1. The number of hydrogen-bond acceptors (Lipinski definition) is 3. The van der Waals surface area contributed by atoms with Crippen LogP contribution in [0.5, 0.6) is 0 Å². The lowest BCUT2D eigenvalue weighted by Gasteiger charge is -2.14. The molecule has 29 heavy (non-hydrogen) atoms. The predicted octanol–water partition coefficient (Wildman–Crippen LogP) is 3.35. The fraction of sp³-hybridized carbons (Fsp3) is 0.0870. The second-order valence-electron chi connectivity index (χ2n) is 6.93. The topological polar surface area (TPSA) is 79.8 Å². The van der Waals surface area contributed by atoms with E-state index in [1.807, 2.05) is 65.2 Å². The number of nitrogens with one attached hydrogen (secondary N) is 2. The average Bonchev–Trinajstić information content (AvgIpc) is 3.18. The maximum absolute atomic E-state index is 12.8. The van der Waals surface area contributed by atoms with Crippen LogP contribution in [0.3, 0.4) is 0 Å². The number of carbonyl (C=O) groups is 1. The molecule has 0 aliphatic rings. The fourth-order valence-corrected chi connectivity index (χ4v) is 3.72. The van der Waals surface area contributed by atoms with Crippen molar-refractivity contribution in [1.82, 2.24) is 19.9 Å². The normalized spacial score (nSPS) is 11.3. The summed E-state index contributed by atoms with van der Waals surface area (Å²) in [5.41, 5.74) is 3.28. The van der Waals surface area contributed by atoms with E-state index in [4.69, 9.17) is 0 Å². The van der Waals surface area contributed by atoms with E-state index < -0.39 is 0 Å². The van der Waals surface area contributed by atoms with Crippen LogP contribution in [0.4, 0.5) is 0 Å². The number of benzene rings is 3. The molecule has 0 aliphatic carbocycles. The molecule has 0 aliphatic heterocycles. The molecule has 0 spiro atoms. The van der Waals surface area contributed by atoms with Crippen LogP contribution in [0.15, 0.2) is 77.6 Å². The number of amides is 1. The van der Waals surface area contributed by atoms with Crippen molar-refractivity contribution in [3.05, 3.63) is 88.8 Å². The van der Waals surface area contributed by atoms with Gasteiger partial charge in [0.15, 0.2) is 5.43 Å². The summed E-state index contributed by atoms with van der Waals surface area (Å²) >= 11 is 0. The van der Waals surface area contributed by atoms with Crippen LogP contribution in [-0.2, 0) is 17.9 Å². The number of fused-ring (bicyclic) bond motifs is 3. The Hall–Kier alpha value is -3.93. The van der Waals surface area contributed by atoms with E-state index in [9.17, 15) is 9.59 Å². The molecule has 0 saturated carbocycles. The highest BCUT2D eigenvalue weighted by molar-refractivity contribution is 5.94. The van der Waals surface area contributed by atoms with Gasteiger partial charge in [-0.25, -0.2) is 4.98 Å². The van der Waals surface area contributed by atoms with Crippen LogP contribution in [0.25, 0.3) is 32.8 Å². The molecule has 1 amide bonds. The highest BCUT2D eigenvalue weighted by Crippen LogP contribution is 2.19. The van der Waals surface area contributed by atoms with Gasteiger partial charge in [0.1, 0.15) is 12.4 Å². The second kappa shape index (κ2) is 6.91. The molecule has 3 aromatic carbocycles. The average molecular weight is 382 g/mol. The Morgan fingerprint density at radius 1 is 0.897 bits per heavy atom. The van der Waals surface area contributed by atoms with Gasteiger partial charge in [-0.1, -0.05) is 36.4 Å². The van der Waals surface area contributed by atoms with Gasteiger partial charge in [0.25, 0.3) is 0 Å². The number of pyridine rings is 1. The first-order valence-corrected chi connectivity index (χ1v) is 9.41. The van der Waals surface area contributed by atoms with E-state index in [0.717, 1.165) is 22.1 Å². The third-order valence-electron chi connectivity index (χ3n) is 5.07. The van der Waals surface area contributed by atoms with E-state index in [1.165, 1.54) is 0 Å². The summed E-state index contributed by atoms with van der Waals surface area (Å²) in [6, 6.07) is 22.5. The monoisotopic (exact) mass is 382 g/mol. The van der Waals surface area contributed by atoms with Gasteiger partial charge >= 0.3 is 0 Å². The van der Waals surface area contributed by atoms with Crippen LogP contribution in [0.1, 0.15) is 5.82 Å². The summed E-state index contributed by atoms with van der Waals surface area (Å²) in [5.74, 6) is 0.554. The number of imidazole rings is 1. The number of hydrogen-bond donors (Lipinski definition) is 2. The molecule has 5 aromatic rings. The highest BCUT2D eigenvalue weighted by atomic mass is 16.2. The molecule has 142 valence electrons. The van der Waals surface area contributed by atoms with Gasteiger partial charge in [-0.15, -0.1) is 0 Å². The third kappa shape index (κ3) is 3.04. The molecule has 0 fully saturated rings. The van der Waals surface area contributed by atoms with Gasteiger partial charge in [-0.3, -0.25) is 9.59 Å². The number of nitrogens with zero attached hydrogens (tertiary/aromatic N) is 2. The zero-order valence-electron chi connectivity index (χ0n) is 15.6. The van der Waals surface area contributed by atoms with E-state index >= 15 is 0 Å². The summed E-state index contributed by atoms with van der Waals surface area (Å²) in [5, 5.41) is 4.14. The molecular weight excluding hydrogens is 364 g/mol. The molecule has 0 saturated heterocycles. The van der Waals surface area contributed by atoms with E-state index in [2.05, 4.69) is 15.3 Å². The lowest BCUT2D eigenvalue weighted by Crippen LogP contribution is -2.28. The minimum atomic E-state index is -0.149. The quantitative estimate of drug-likeness (QED) is 0.468. The predicted molar refractivity (Wildman–Crippen MR) is 114 cm³/mol. The molecule has 2 heterocycles.